The molecule has 1 saturated heterocycles. The number of likely N-dealkylation sites (tertiary alicyclic amines) is 1. The van der Waals surface area contributed by atoms with Gasteiger partial charge in [0.15, 0.2) is 15.7 Å². The third kappa shape index (κ3) is 3.45. The Morgan fingerprint density at radius 3 is 2.71 bits per heavy atom. The molecule has 1 unspecified atom stereocenters. The molecule has 2 aliphatic rings. The molecule has 0 aliphatic carbocycles. The van der Waals surface area contributed by atoms with Gasteiger partial charge in [0.1, 0.15) is 5.82 Å². The predicted molar refractivity (Wildman–Crippen MR) is 105 cm³/mol. The van der Waals surface area contributed by atoms with Crippen molar-refractivity contribution in [1.29, 1.82) is 0 Å². The number of fused-ring (bicyclic) bond motifs is 1. The van der Waals surface area contributed by atoms with E-state index >= 15 is 0 Å². The summed E-state index contributed by atoms with van der Waals surface area (Å²) in [6.07, 6.45) is 7.28. The summed E-state index contributed by atoms with van der Waals surface area (Å²) in [5, 5.41) is 8.84. The van der Waals surface area contributed by atoms with E-state index in [9.17, 15) is 13.2 Å². The molecule has 2 aliphatic heterocycles. The van der Waals surface area contributed by atoms with Gasteiger partial charge in [-0.05, 0) is 50.3 Å². The number of amides is 1. The van der Waals surface area contributed by atoms with Crippen LogP contribution in [0.1, 0.15) is 65.7 Å². The lowest BCUT2D eigenvalue weighted by atomic mass is 10.1. The largest absolute Gasteiger partial charge is 0.328 e. The number of carbonyl (C=O) groups excluding carboxylic acids is 1. The summed E-state index contributed by atoms with van der Waals surface area (Å²) in [6, 6.07) is 4.67. The molecule has 0 spiro atoms. The van der Waals surface area contributed by atoms with Crippen molar-refractivity contribution in [2.45, 2.75) is 62.9 Å². The van der Waals surface area contributed by atoms with Crippen molar-refractivity contribution in [3.05, 3.63) is 41.0 Å². The smallest absolute Gasteiger partial charge is 0.254 e. The van der Waals surface area contributed by atoms with Gasteiger partial charge in [-0.1, -0.05) is 12.5 Å². The van der Waals surface area contributed by atoms with Gasteiger partial charge in [0.25, 0.3) is 5.91 Å². The molecular formula is C20H26N4O3S. The van der Waals surface area contributed by atoms with Crippen molar-refractivity contribution >= 4 is 15.7 Å². The summed E-state index contributed by atoms with van der Waals surface area (Å²) in [7, 11) is -3.37. The topological polar surface area (TPSA) is 85.2 Å². The van der Waals surface area contributed by atoms with E-state index in [1.54, 1.807) is 12.1 Å². The molecule has 1 aromatic heterocycles. The third-order valence-corrected chi connectivity index (χ3v) is 6.93. The molecule has 3 heterocycles. The van der Waals surface area contributed by atoms with Crippen LogP contribution in [0.5, 0.6) is 0 Å². The highest BCUT2D eigenvalue weighted by molar-refractivity contribution is 7.90. The maximum Gasteiger partial charge on any atom is 0.254 e. The van der Waals surface area contributed by atoms with E-state index < -0.39 is 9.84 Å². The average molecular weight is 403 g/mol. The Morgan fingerprint density at radius 2 is 1.93 bits per heavy atom. The molecule has 0 saturated carbocycles. The van der Waals surface area contributed by atoms with Gasteiger partial charge in [0.2, 0.25) is 0 Å². The Bertz CT molecular complexity index is 1010. The molecule has 1 amide bonds. The Morgan fingerprint density at radius 1 is 1.11 bits per heavy atom. The van der Waals surface area contributed by atoms with Crippen LogP contribution in [0.25, 0.3) is 0 Å². The Labute approximate surface area is 165 Å². The van der Waals surface area contributed by atoms with Gasteiger partial charge in [0, 0.05) is 31.3 Å². The van der Waals surface area contributed by atoms with E-state index in [1.165, 1.54) is 12.5 Å². The quantitative estimate of drug-likeness (QED) is 0.788. The highest BCUT2D eigenvalue weighted by Crippen LogP contribution is 2.34. The van der Waals surface area contributed by atoms with Crippen molar-refractivity contribution < 1.29 is 13.2 Å². The fourth-order valence-corrected chi connectivity index (χ4v) is 4.90. The first-order valence-electron chi connectivity index (χ1n) is 9.90. The predicted octanol–water partition coefficient (Wildman–Crippen LogP) is 2.69. The van der Waals surface area contributed by atoms with Crippen LogP contribution in [0.2, 0.25) is 0 Å². The fraction of sp³-hybridized carbons (Fsp3) is 0.550. The Balaban J connectivity index is 1.68. The van der Waals surface area contributed by atoms with Crippen molar-refractivity contribution in [3.63, 3.8) is 0 Å². The lowest BCUT2D eigenvalue weighted by molar-refractivity contribution is 0.0726. The molecule has 0 bridgehead atoms. The molecule has 28 heavy (non-hydrogen) atoms. The second-order valence-electron chi connectivity index (χ2n) is 7.84. The second-order valence-corrected chi connectivity index (χ2v) is 9.86. The molecule has 4 rings (SSSR count). The number of aromatic nitrogens is 3. The fourth-order valence-electron chi connectivity index (χ4n) is 4.25. The number of benzene rings is 1. The van der Waals surface area contributed by atoms with Crippen LogP contribution < -0.4 is 0 Å². The van der Waals surface area contributed by atoms with Crippen LogP contribution in [0.15, 0.2) is 23.1 Å². The summed E-state index contributed by atoms with van der Waals surface area (Å²) < 4.78 is 26.1. The van der Waals surface area contributed by atoms with Crippen LogP contribution in [0.3, 0.4) is 0 Å². The van der Waals surface area contributed by atoms with Crippen LogP contribution >= 0.6 is 0 Å². The van der Waals surface area contributed by atoms with E-state index in [-0.39, 0.29) is 16.8 Å². The van der Waals surface area contributed by atoms with Crippen molar-refractivity contribution in [1.82, 2.24) is 19.7 Å². The standard InChI is InChI=1S/C20H26N4O3S/c1-14-9-10-15(28(2,26)27)13-16(14)20(25)23-12-6-7-17(23)19-22-21-18-8-4-3-5-11-24(18)19/h9-10,13,17H,3-8,11-12H2,1-2H3. The first-order chi connectivity index (χ1) is 13.4. The summed E-state index contributed by atoms with van der Waals surface area (Å²) in [5.74, 6) is 1.76. The molecule has 0 N–H and O–H groups in total. The number of nitrogens with zero attached hydrogens (tertiary/aromatic N) is 4. The maximum absolute atomic E-state index is 13.4. The number of sulfone groups is 1. The summed E-state index contributed by atoms with van der Waals surface area (Å²) in [5.41, 5.74) is 1.23. The van der Waals surface area contributed by atoms with E-state index in [0.29, 0.717) is 12.1 Å². The van der Waals surface area contributed by atoms with Gasteiger partial charge in [-0.25, -0.2) is 8.42 Å². The molecular weight excluding hydrogens is 376 g/mol. The zero-order valence-electron chi connectivity index (χ0n) is 16.4. The maximum atomic E-state index is 13.4. The van der Waals surface area contributed by atoms with Gasteiger partial charge < -0.3 is 9.47 Å². The molecule has 150 valence electrons. The van der Waals surface area contributed by atoms with E-state index in [2.05, 4.69) is 14.8 Å². The average Bonchev–Trinajstić information content (AvgIpc) is 3.21. The van der Waals surface area contributed by atoms with Crippen molar-refractivity contribution in [3.8, 4) is 0 Å². The minimum atomic E-state index is -3.37. The zero-order chi connectivity index (χ0) is 19.9. The summed E-state index contributed by atoms with van der Waals surface area (Å²) in [4.78, 5) is 15.4. The van der Waals surface area contributed by atoms with Gasteiger partial charge >= 0.3 is 0 Å². The molecule has 8 heteroatoms. The highest BCUT2D eigenvalue weighted by atomic mass is 32.2. The first-order valence-corrected chi connectivity index (χ1v) is 11.8. The lowest BCUT2D eigenvalue weighted by Gasteiger charge is -2.25. The monoisotopic (exact) mass is 402 g/mol. The molecule has 0 radical (unpaired) electrons. The summed E-state index contributed by atoms with van der Waals surface area (Å²) >= 11 is 0. The second kappa shape index (κ2) is 7.31. The van der Waals surface area contributed by atoms with E-state index in [4.69, 9.17) is 0 Å². The number of hydrogen-bond donors (Lipinski definition) is 0. The molecule has 1 fully saturated rings. The Kier molecular flexibility index (Phi) is 4.99. The van der Waals surface area contributed by atoms with Gasteiger partial charge in [-0.2, -0.15) is 0 Å². The summed E-state index contributed by atoms with van der Waals surface area (Å²) in [6.45, 7) is 3.39. The number of rotatable bonds is 3. The van der Waals surface area contributed by atoms with E-state index in [1.807, 2.05) is 11.8 Å². The van der Waals surface area contributed by atoms with Gasteiger partial charge in [-0.15, -0.1) is 10.2 Å². The molecule has 1 atom stereocenters. The van der Waals surface area contributed by atoms with Gasteiger partial charge in [0.05, 0.1) is 10.9 Å². The van der Waals surface area contributed by atoms with E-state index in [0.717, 1.165) is 62.1 Å². The van der Waals surface area contributed by atoms with Crippen LogP contribution in [-0.4, -0.2) is 46.8 Å². The normalized spacial score (nSPS) is 20.1. The molecule has 2 aromatic rings. The third-order valence-electron chi connectivity index (χ3n) is 5.82. The van der Waals surface area contributed by atoms with Crippen LogP contribution in [-0.2, 0) is 22.8 Å². The van der Waals surface area contributed by atoms with Crippen molar-refractivity contribution in [2.75, 3.05) is 12.8 Å². The minimum Gasteiger partial charge on any atom is -0.328 e. The lowest BCUT2D eigenvalue weighted by Crippen LogP contribution is -2.32. The van der Waals surface area contributed by atoms with Crippen LogP contribution in [0.4, 0.5) is 0 Å². The van der Waals surface area contributed by atoms with Crippen molar-refractivity contribution in [2.24, 2.45) is 0 Å². The van der Waals surface area contributed by atoms with Gasteiger partial charge in [-0.3, -0.25) is 4.79 Å². The molecule has 7 nitrogen and oxygen atoms in total. The number of carbonyl (C=O) groups is 1. The number of aryl methyl sites for hydroxylation is 2. The SMILES string of the molecule is Cc1ccc(S(C)(=O)=O)cc1C(=O)N1CCCC1c1nnc2n1CCCCC2. The number of hydrogen-bond acceptors (Lipinski definition) is 5. The first kappa shape index (κ1) is 19.1. The minimum absolute atomic E-state index is 0.104. The Hall–Kier alpha value is -2.22. The zero-order valence-corrected chi connectivity index (χ0v) is 17.2. The highest BCUT2D eigenvalue weighted by Gasteiger charge is 2.35. The van der Waals surface area contributed by atoms with Crippen LogP contribution in [0, 0.1) is 6.92 Å². The molecule has 1 aromatic carbocycles.